The van der Waals surface area contributed by atoms with Crippen LogP contribution in [-0.4, -0.2) is 25.7 Å². The smallest absolute Gasteiger partial charge is 0.148 e. The molecule has 116 valence electrons. The van der Waals surface area contributed by atoms with Crippen molar-refractivity contribution in [2.24, 2.45) is 5.92 Å². The van der Waals surface area contributed by atoms with Crippen LogP contribution >= 0.6 is 11.6 Å². The molecule has 1 N–H and O–H groups in total. The summed E-state index contributed by atoms with van der Waals surface area (Å²) in [4.78, 5) is 2.15. The number of hydrogen-bond donors (Lipinski definition) is 1. The van der Waals surface area contributed by atoms with E-state index in [4.69, 9.17) is 11.6 Å². The molecule has 0 aromatic heterocycles. The number of nitrogens with zero attached hydrogens (tertiary/aromatic N) is 1. The Hall–Kier alpha value is -0.800. The SMILES string of the molecule is Fc1cccc(Cl)c1N1CCCNC(C2CCCCC2)C1. The van der Waals surface area contributed by atoms with Crippen molar-refractivity contribution >= 4 is 17.3 Å². The number of nitrogens with one attached hydrogen (secondary N) is 1. The van der Waals surface area contributed by atoms with Crippen LogP contribution in [0, 0.1) is 11.7 Å². The second-order valence-electron chi connectivity index (χ2n) is 6.33. The van der Waals surface area contributed by atoms with Gasteiger partial charge in [-0.05, 0) is 43.9 Å². The molecule has 1 aromatic carbocycles. The molecule has 0 bridgehead atoms. The lowest BCUT2D eigenvalue weighted by Crippen LogP contribution is -2.44. The van der Waals surface area contributed by atoms with Gasteiger partial charge in [0.1, 0.15) is 5.82 Å². The molecule has 2 fully saturated rings. The molecule has 3 rings (SSSR count). The fourth-order valence-corrected chi connectivity index (χ4v) is 4.08. The molecule has 1 saturated heterocycles. The number of benzene rings is 1. The predicted octanol–water partition coefficient (Wildman–Crippen LogP) is 4.23. The fraction of sp³-hybridized carbons (Fsp3) is 0.647. The zero-order valence-corrected chi connectivity index (χ0v) is 13.2. The summed E-state index contributed by atoms with van der Waals surface area (Å²) >= 11 is 6.25. The van der Waals surface area contributed by atoms with E-state index in [0.717, 1.165) is 32.0 Å². The Morgan fingerprint density at radius 3 is 2.71 bits per heavy atom. The Morgan fingerprint density at radius 1 is 1.14 bits per heavy atom. The molecular weight excluding hydrogens is 287 g/mol. The van der Waals surface area contributed by atoms with Gasteiger partial charge in [0.25, 0.3) is 0 Å². The molecule has 0 amide bonds. The molecule has 1 aliphatic heterocycles. The summed E-state index contributed by atoms with van der Waals surface area (Å²) in [6, 6.07) is 5.43. The summed E-state index contributed by atoms with van der Waals surface area (Å²) < 4.78 is 14.2. The maximum atomic E-state index is 14.2. The Morgan fingerprint density at radius 2 is 1.95 bits per heavy atom. The van der Waals surface area contributed by atoms with Crippen molar-refractivity contribution in [3.63, 3.8) is 0 Å². The van der Waals surface area contributed by atoms with E-state index in [9.17, 15) is 4.39 Å². The molecular formula is C17H24ClFN2. The summed E-state index contributed by atoms with van der Waals surface area (Å²) in [6.45, 7) is 2.76. The summed E-state index contributed by atoms with van der Waals surface area (Å²) in [5.41, 5.74) is 0.587. The van der Waals surface area contributed by atoms with Crippen LogP contribution in [0.2, 0.25) is 5.02 Å². The Bertz CT molecular complexity index is 454. The summed E-state index contributed by atoms with van der Waals surface area (Å²) in [5, 5.41) is 4.21. The van der Waals surface area contributed by atoms with E-state index >= 15 is 0 Å². The highest BCUT2D eigenvalue weighted by Gasteiger charge is 2.28. The molecule has 1 saturated carbocycles. The van der Waals surface area contributed by atoms with Crippen LogP contribution in [0.5, 0.6) is 0 Å². The minimum Gasteiger partial charge on any atom is -0.366 e. The van der Waals surface area contributed by atoms with E-state index in [-0.39, 0.29) is 5.82 Å². The van der Waals surface area contributed by atoms with E-state index in [1.165, 1.54) is 38.2 Å². The Labute approximate surface area is 131 Å². The number of hydrogen-bond acceptors (Lipinski definition) is 2. The van der Waals surface area contributed by atoms with Crippen molar-refractivity contribution in [2.45, 2.75) is 44.6 Å². The second kappa shape index (κ2) is 6.97. The van der Waals surface area contributed by atoms with Gasteiger partial charge in [0.05, 0.1) is 10.7 Å². The highest BCUT2D eigenvalue weighted by Crippen LogP contribution is 2.32. The molecule has 0 radical (unpaired) electrons. The third kappa shape index (κ3) is 3.51. The minimum absolute atomic E-state index is 0.202. The van der Waals surface area contributed by atoms with Crippen molar-refractivity contribution in [1.82, 2.24) is 5.32 Å². The highest BCUT2D eigenvalue weighted by molar-refractivity contribution is 6.33. The summed E-state index contributed by atoms with van der Waals surface area (Å²) in [7, 11) is 0. The third-order valence-electron chi connectivity index (χ3n) is 4.90. The molecule has 21 heavy (non-hydrogen) atoms. The lowest BCUT2D eigenvalue weighted by molar-refractivity contribution is 0.277. The van der Waals surface area contributed by atoms with E-state index < -0.39 is 0 Å². The van der Waals surface area contributed by atoms with Crippen LogP contribution in [0.3, 0.4) is 0 Å². The van der Waals surface area contributed by atoms with Gasteiger partial charge >= 0.3 is 0 Å². The first kappa shape index (κ1) is 15.1. The number of rotatable bonds is 2. The molecule has 1 atom stereocenters. The molecule has 2 aliphatic rings. The van der Waals surface area contributed by atoms with Crippen LogP contribution in [0.4, 0.5) is 10.1 Å². The Kier molecular flexibility index (Phi) is 5.02. The summed E-state index contributed by atoms with van der Waals surface area (Å²) in [5.74, 6) is 0.525. The average molecular weight is 311 g/mol. The maximum absolute atomic E-state index is 14.2. The van der Waals surface area contributed by atoms with Crippen LogP contribution in [0.1, 0.15) is 38.5 Å². The molecule has 1 heterocycles. The molecule has 0 spiro atoms. The number of anilines is 1. The highest BCUT2D eigenvalue weighted by atomic mass is 35.5. The molecule has 1 unspecified atom stereocenters. The number of halogens is 2. The maximum Gasteiger partial charge on any atom is 0.148 e. The average Bonchev–Trinajstić information content (AvgIpc) is 2.74. The van der Waals surface area contributed by atoms with Crippen LogP contribution in [0.15, 0.2) is 18.2 Å². The van der Waals surface area contributed by atoms with Crippen molar-refractivity contribution in [1.29, 1.82) is 0 Å². The van der Waals surface area contributed by atoms with Crippen LogP contribution in [0.25, 0.3) is 0 Å². The topological polar surface area (TPSA) is 15.3 Å². The number of para-hydroxylation sites is 1. The molecule has 4 heteroatoms. The van der Waals surface area contributed by atoms with E-state index in [1.807, 2.05) is 0 Å². The quantitative estimate of drug-likeness (QED) is 0.879. The lowest BCUT2D eigenvalue weighted by atomic mass is 9.83. The van der Waals surface area contributed by atoms with Crippen molar-refractivity contribution in [3.05, 3.63) is 29.0 Å². The normalized spacial score (nSPS) is 24.9. The third-order valence-corrected chi connectivity index (χ3v) is 5.21. The first-order valence-corrected chi connectivity index (χ1v) is 8.56. The lowest BCUT2D eigenvalue weighted by Gasteiger charge is -2.34. The van der Waals surface area contributed by atoms with E-state index in [1.54, 1.807) is 12.1 Å². The molecule has 2 nitrogen and oxygen atoms in total. The van der Waals surface area contributed by atoms with Gasteiger partial charge in [-0.2, -0.15) is 0 Å². The summed E-state index contributed by atoms with van der Waals surface area (Å²) in [6.07, 6.45) is 7.68. The first-order valence-electron chi connectivity index (χ1n) is 8.18. The predicted molar refractivity (Wildman–Crippen MR) is 86.6 cm³/mol. The van der Waals surface area contributed by atoms with Gasteiger partial charge < -0.3 is 10.2 Å². The zero-order valence-electron chi connectivity index (χ0n) is 12.5. The van der Waals surface area contributed by atoms with Gasteiger partial charge in [-0.25, -0.2) is 4.39 Å². The van der Waals surface area contributed by atoms with Gasteiger partial charge in [-0.15, -0.1) is 0 Å². The fourth-order valence-electron chi connectivity index (χ4n) is 3.80. The van der Waals surface area contributed by atoms with Gasteiger partial charge in [0, 0.05) is 19.1 Å². The van der Waals surface area contributed by atoms with Gasteiger partial charge in [0.15, 0.2) is 0 Å². The van der Waals surface area contributed by atoms with Gasteiger partial charge in [0.2, 0.25) is 0 Å². The molecule has 1 aromatic rings. The van der Waals surface area contributed by atoms with Gasteiger partial charge in [-0.3, -0.25) is 0 Å². The van der Waals surface area contributed by atoms with Crippen LogP contribution in [-0.2, 0) is 0 Å². The first-order chi connectivity index (χ1) is 10.3. The van der Waals surface area contributed by atoms with Crippen molar-refractivity contribution < 1.29 is 4.39 Å². The van der Waals surface area contributed by atoms with E-state index in [2.05, 4.69) is 10.2 Å². The van der Waals surface area contributed by atoms with Crippen molar-refractivity contribution in [2.75, 3.05) is 24.5 Å². The largest absolute Gasteiger partial charge is 0.366 e. The van der Waals surface area contributed by atoms with Crippen LogP contribution < -0.4 is 10.2 Å². The monoisotopic (exact) mass is 310 g/mol. The minimum atomic E-state index is -0.202. The Balaban J connectivity index is 1.78. The van der Waals surface area contributed by atoms with Crippen molar-refractivity contribution in [3.8, 4) is 0 Å². The molecule has 1 aliphatic carbocycles. The standard InChI is InChI=1S/C17H24ClFN2/c18-14-8-4-9-15(19)17(14)21-11-5-10-20-16(12-21)13-6-2-1-3-7-13/h4,8-9,13,16,20H,1-3,5-7,10-12H2. The van der Waals surface area contributed by atoms with Gasteiger partial charge in [-0.1, -0.05) is 36.9 Å². The van der Waals surface area contributed by atoms with E-state index in [0.29, 0.717) is 16.8 Å². The second-order valence-corrected chi connectivity index (χ2v) is 6.74. The zero-order chi connectivity index (χ0) is 14.7.